The lowest BCUT2D eigenvalue weighted by atomic mass is 9.92. The van der Waals surface area contributed by atoms with Gasteiger partial charge in [0.25, 0.3) is 0 Å². The van der Waals surface area contributed by atoms with Crippen molar-refractivity contribution in [2.45, 2.75) is 0 Å². The molecule has 0 spiro atoms. The Labute approximate surface area is 392 Å². The highest BCUT2D eigenvalue weighted by molar-refractivity contribution is 6.24. The Hall–Kier alpha value is -9.12. The molecular formula is C64H40N4. The van der Waals surface area contributed by atoms with E-state index in [0.717, 1.165) is 66.2 Å². The Morgan fingerprint density at radius 3 is 0.897 bits per heavy atom. The van der Waals surface area contributed by atoms with Gasteiger partial charge in [0.15, 0.2) is 0 Å². The van der Waals surface area contributed by atoms with Crippen molar-refractivity contribution in [3.8, 4) is 55.9 Å². The summed E-state index contributed by atoms with van der Waals surface area (Å²) < 4.78 is 4.76. The fourth-order valence-corrected chi connectivity index (χ4v) is 10.8. The molecule has 0 aliphatic carbocycles. The second-order valence-electron chi connectivity index (χ2n) is 17.8. The van der Waals surface area contributed by atoms with E-state index < -0.39 is 0 Å². The predicted molar refractivity (Wildman–Crippen MR) is 285 cm³/mol. The molecule has 4 nitrogen and oxygen atoms in total. The molecule has 68 heavy (non-hydrogen) atoms. The number of fused-ring (bicyclic) bond motifs is 12. The molecule has 3 aromatic heterocycles. The Balaban J connectivity index is 0.825. The molecule has 0 saturated heterocycles. The summed E-state index contributed by atoms with van der Waals surface area (Å²) in [7, 11) is 0. The molecule has 0 amide bonds. The molecule has 0 bridgehead atoms. The number of rotatable bonds is 6. The van der Waals surface area contributed by atoms with Crippen molar-refractivity contribution in [3.05, 3.63) is 243 Å². The van der Waals surface area contributed by atoms with Crippen LogP contribution in [-0.2, 0) is 0 Å². The topological polar surface area (TPSA) is 35.6 Å². The first-order valence-corrected chi connectivity index (χ1v) is 23.2. The summed E-state index contributed by atoms with van der Waals surface area (Å²) >= 11 is 0. The van der Waals surface area contributed by atoms with Crippen LogP contribution in [0.15, 0.2) is 243 Å². The van der Waals surface area contributed by atoms with Crippen LogP contribution in [0.3, 0.4) is 0 Å². The first-order chi connectivity index (χ1) is 33.7. The SMILES string of the molecule is c1cc(-c2cccc(-n3c4ccccc4c4ccccc43)c2)cc(-c2ccc3c4ccc(-c5cccc(-c6cccc(-n7c8ccccc8c8ccccc87)c6)c5)cc4c4nccnc4c3c2)c1. The van der Waals surface area contributed by atoms with Crippen molar-refractivity contribution < 1.29 is 0 Å². The molecule has 14 rings (SSSR count). The lowest BCUT2D eigenvalue weighted by molar-refractivity contribution is 1.18. The molecule has 0 saturated carbocycles. The van der Waals surface area contributed by atoms with Crippen LogP contribution in [0.5, 0.6) is 0 Å². The van der Waals surface area contributed by atoms with Crippen LogP contribution in [0.1, 0.15) is 0 Å². The average Bonchev–Trinajstić information content (AvgIpc) is 3.94. The zero-order valence-corrected chi connectivity index (χ0v) is 36.9. The summed E-state index contributed by atoms with van der Waals surface area (Å²) in [6.45, 7) is 0. The summed E-state index contributed by atoms with van der Waals surface area (Å²) in [5.74, 6) is 0. The van der Waals surface area contributed by atoms with Crippen molar-refractivity contribution in [3.63, 3.8) is 0 Å². The summed E-state index contributed by atoms with van der Waals surface area (Å²) in [6, 6.07) is 83.9. The van der Waals surface area contributed by atoms with Crippen molar-refractivity contribution >= 4 is 76.2 Å². The minimum absolute atomic E-state index is 0.902. The summed E-state index contributed by atoms with van der Waals surface area (Å²) in [4.78, 5) is 9.99. The van der Waals surface area contributed by atoms with Crippen LogP contribution in [0, 0.1) is 0 Å². The Bertz CT molecular complexity index is 3940. The maximum absolute atomic E-state index is 4.99. The van der Waals surface area contributed by atoms with Gasteiger partial charge in [-0.25, -0.2) is 0 Å². The zero-order chi connectivity index (χ0) is 44.7. The maximum atomic E-state index is 4.99. The molecule has 0 aliphatic heterocycles. The fraction of sp³-hybridized carbons (Fsp3) is 0. The van der Waals surface area contributed by atoms with Gasteiger partial charge in [-0.3, -0.25) is 9.97 Å². The fourth-order valence-electron chi connectivity index (χ4n) is 10.8. The van der Waals surface area contributed by atoms with Crippen LogP contribution in [0.25, 0.3) is 132 Å². The summed E-state index contributed by atoms with van der Waals surface area (Å²) in [5.41, 5.74) is 18.2. The third kappa shape index (κ3) is 6.01. The number of para-hydroxylation sites is 4. The van der Waals surface area contributed by atoms with E-state index in [1.54, 1.807) is 0 Å². The van der Waals surface area contributed by atoms with Gasteiger partial charge in [0.05, 0.1) is 33.1 Å². The van der Waals surface area contributed by atoms with Gasteiger partial charge in [-0.1, -0.05) is 158 Å². The standard InChI is InChI=1S/C64H40N4/c1-5-25-59-53(21-1)54-22-2-6-26-60(54)67(59)49-19-11-17-45(37-49)41-13-9-15-43(35-41)47-29-31-51-52-32-30-48(40-58(52)64-63(57(51)39-47)65-33-34-66-64)44-16-10-14-42(36-44)46-18-12-20-50(38-46)68-61-27-7-3-23-55(61)56-24-4-8-28-62(56)68/h1-40H. The normalized spacial score (nSPS) is 11.8. The van der Waals surface area contributed by atoms with Crippen LogP contribution in [0.4, 0.5) is 0 Å². The second-order valence-corrected chi connectivity index (χ2v) is 17.8. The van der Waals surface area contributed by atoms with Gasteiger partial charge in [0, 0.05) is 56.1 Å². The first-order valence-electron chi connectivity index (χ1n) is 23.2. The molecule has 316 valence electrons. The quantitative estimate of drug-likeness (QED) is 0.156. The van der Waals surface area contributed by atoms with Gasteiger partial charge in [-0.05, 0) is 128 Å². The highest BCUT2D eigenvalue weighted by Crippen LogP contribution is 2.40. The molecule has 11 aromatic carbocycles. The van der Waals surface area contributed by atoms with Crippen LogP contribution >= 0.6 is 0 Å². The van der Waals surface area contributed by atoms with Gasteiger partial charge >= 0.3 is 0 Å². The number of nitrogens with zero attached hydrogens (tertiary/aromatic N) is 4. The lowest BCUT2D eigenvalue weighted by Crippen LogP contribution is -1.94. The predicted octanol–water partition coefficient (Wildman–Crippen LogP) is 16.8. The summed E-state index contributed by atoms with van der Waals surface area (Å²) in [5, 5.41) is 9.55. The minimum atomic E-state index is 0.902. The zero-order valence-electron chi connectivity index (χ0n) is 36.9. The molecule has 4 heteroatoms. The molecule has 0 aliphatic rings. The van der Waals surface area contributed by atoms with E-state index >= 15 is 0 Å². The van der Waals surface area contributed by atoms with Crippen molar-refractivity contribution in [2.75, 3.05) is 0 Å². The van der Waals surface area contributed by atoms with Crippen LogP contribution in [0.2, 0.25) is 0 Å². The molecule has 0 unspecified atom stereocenters. The largest absolute Gasteiger partial charge is 0.309 e. The van der Waals surface area contributed by atoms with E-state index in [9.17, 15) is 0 Å². The third-order valence-corrected chi connectivity index (χ3v) is 14.0. The second kappa shape index (κ2) is 15.2. The molecule has 14 aromatic rings. The van der Waals surface area contributed by atoms with Crippen molar-refractivity contribution in [1.82, 2.24) is 19.1 Å². The van der Waals surface area contributed by atoms with Gasteiger partial charge in [0.1, 0.15) is 0 Å². The minimum Gasteiger partial charge on any atom is -0.309 e. The maximum Gasteiger partial charge on any atom is 0.0971 e. The molecule has 0 fully saturated rings. The van der Waals surface area contributed by atoms with E-state index in [-0.39, 0.29) is 0 Å². The Morgan fingerprint density at radius 2 is 0.529 bits per heavy atom. The van der Waals surface area contributed by atoms with Crippen molar-refractivity contribution in [1.29, 1.82) is 0 Å². The number of hydrogen-bond acceptors (Lipinski definition) is 2. The Kier molecular flexibility index (Phi) is 8.55. The van der Waals surface area contributed by atoms with Crippen LogP contribution < -0.4 is 0 Å². The number of hydrogen-bond donors (Lipinski definition) is 0. The average molecular weight is 865 g/mol. The highest BCUT2D eigenvalue weighted by Gasteiger charge is 2.17. The Morgan fingerprint density at radius 1 is 0.221 bits per heavy atom. The van der Waals surface area contributed by atoms with E-state index in [4.69, 9.17) is 9.97 Å². The monoisotopic (exact) mass is 864 g/mol. The molecule has 0 radical (unpaired) electrons. The summed E-state index contributed by atoms with van der Waals surface area (Å²) in [6.07, 6.45) is 3.62. The van der Waals surface area contributed by atoms with Gasteiger partial charge in [-0.2, -0.15) is 0 Å². The van der Waals surface area contributed by atoms with E-state index in [1.165, 1.54) is 65.9 Å². The van der Waals surface area contributed by atoms with Crippen molar-refractivity contribution in [2.24, 2.45) is 0 Å². The number of benzene rings is 11. The highest BCUT2D eigenvalue weighted by atomic mass is 15.0. The van der Waals surface area contributed by atoms with Gasteiger partial charge in [0.2, 0.25) is 0 Å². The smallest absolute Gasteiger partial charge is 0.0971 e. The third-order valence-electron chi connectivity index (χ3n) is 14.0. The van der Waals surface area contributed by atoms with Crippen LogP contribution in [-0.4, -0.2) is 19.1 Å². The lowest BCUT2D eigenvalue weighted by Gasteiger charge is -2.14. The van der Waals surface area contributed by atoms with Gasteiger partial charge < -0.3 is 9.13 Å². The van der Waals surface area contributed by atoms with Gasteiger partial charge in [-0.15, -0.1) is 0 Å². The first kappa shape index (κ1) is 38.2. The van der Waals surface area contributed by atoms with E-state index in [1.807, 2.05) is 12.4 Å². The number of aromatic nitrogens is 4. The molecule has 0 atom stereocenters. The van der Waals surface area contributed by atoms with E-state index in [2.05, 4.69) is 240 Å². The van der Waals surface area contributed by atoms with E-state index in [0.29, 0.717) is 0 Å². The molecule has 0 N–H and O–H groups in total. The molecule has 3 heterocycles. The molecular weight excluding hydrogens is 825 g/mol.